The highest BCUT2D eigenvalue weighted by Gasteiger charge is 2.04. The zero-order valence-electron chi connectivity index (χ0n) is 17.1. The van der Waals surface area contributed by atoms with Crippen molar-refractivity contribution in [2.24, 2.45) is 5.10 Å². The van der Waals surface area contributed by atoms with Crippen molar-refractivity contribution in [1.29, 1.82) is 0 Å². The average molecular weight is 402 g/mol. The van der Waals surface area contributed by atoms with Gasteiger partial charge in [0, 0.05) is 17.5 Å². The van der Waals surface area contributed by atoms with Crippen molar-refractivity contribution in [3.8, 4) is 11.5 Å². The molecule has 0 aliphatic carbocycles. The van der Waals surface area contributed by atoms with E-state index in [1.807, 2.05) is 54.6 Å². The van der Waals surface area contributed by atoms with Crippen LogP contribution < -0.4 is 14.9 Å². The number of benzene rings is 3. The van der Waals surface area contributed by atoms with Gasteiger partial charge >= 0.3 is 0 Å². The second-order valence-corrected chi connectivity index (χ2v) is 6.65. The summed E-state index contributed by atoms with van der Waals surface area (Å²) in [6.07, 6.45) is 3.36. The van der Waals surface area contributed by atoms with Gasteiger partial charge in [-0.15, -0.1) is 0 Å². The van der Waals surface area contributed by atoms with E-state index in [9.17, 15) is 4.79 Å². The van der Waals surface area contributed by atoms with Crippen LogP contribution in [0.5, 0.6) is 11.5 Å². The molecule has 0 aliphatic rings. The van der Waals surface area contributed by atoms with Gasteiger partial charge in [-0.05, 0) is 48.4 Å². The molecule has 0 heterocycles. The number of amides is 1. The Morgan fingerprint density at radius 2 is 1.60 bits per heavy atom. The third-order valence-electron chi connectivity index (χ3n) is 4.47. The summed E-state index contributed by atoms with van der Waals surface area (Å²) in [5.74, 6) is 1.32. The molecule has 0 fully saturated rings. The number of para-hydroxylation sites is 1. The van der Waals surface area contributed by atoms with Crippen molar-refractivity contribution in [2.75, 3.05) is 13.2 Å². The van der Waals surface area contributed by atoms with Crippen LogP contribution in [0.25, 0.3) is 0 Å². The van der Waals surface area contributed by atoms with Gasteiger partial charge < -0.3 is 9.47 Å². The Hall–Kier alpha value is -3.60. The maximum Gasteiger partial charge on any atom is 0.271 e. The molecule has 5 heteroatoms. The van der Waals surface area contributed by atoms with Crippen LogP contribution in [0.4, 0.5) is 0 Å². The number of hydrogen-bond donors (Lipinski definition) is 1. The standard InChI is InChI=1S/C25H26N2O3/c1-2-20-13-15-23(16-14-20)29-17-8-18-30-24-12-7-6-11-22(24)19-26-27-25(28)21-9-4-3-5-10-21/h3-7,9-16,19H,2,8,17-18H2,1H3,(H,27,28)/b26-19-. The number of hydrazone groups is 1. The molecule has 3 aromatic carbocycles. The molecular weight excluding hydrogens is 376 g/mol. The van der Waals surface area contributed by atoms with E-state index >= 15 is 0 Å². The first-order valence-corrected chi connectivity index (χ1v) is 10.1. The van der Waals surface area contributed by atoms with E-state index < -0.39 is 0 Å². The molecule has 0 saturated carbocycles. The molecule has 1 amide bonds. The maximum absolute atomic E-state index is 12.0. The second-order valence-electron chi connectivity index (χ2n) is 6.65. The Morgan fingerprint density at radius 1 is 0.900 bits per heavy atom. The summed E-state index contributed by atoms with van der Waals surface area (Å²) in [5.41, 5.74) is 5.18. The smallest absolute Gasteiger partial charge is 0.271 e. The molecule has 30 heavy (non-hydrogen) atoms. The van der Waals surface area contributed by atoms with Gasteiger partial charge in [-0.2, -0.15) is 5.10 Å². The molecule has 0 bridgehead atoms. The third kappa shape index (κ3) is 6.48. The Balaban J connectivity index is 1.44. The summed E-state index contributed by atoms with van der Waals surface area (Å²) in [4.78, 5) is 12.0. The summed E-state index contributed by atoms with van der Waals surface area (Å²) >= 11 is 0. The van der Waals surface area contributed by atoms with Crippen molar-refractivity contribution in [1.82, 2.24) is 5.43 Å². The molecule has 154 valence electrons. The summed E-state index contributed by atoms with van der Waals surface area (Å²) < 4.78 is 11.6. The van der Waals surface area contributed by atoms with Gasteiger partial charge in [-0.1, -0.05) is 49.4 Å². The monoisotopic (exact) mass is 402 g/mol. The molecule has 0 unspecified atom stereocenters. The van der Waals surface area contributed by atoms with Crippen molar-refractivity contribution >= 4 is 12.1 Å². The van der Waals surface area contributed by atoms with Crippen molar-refractivity contribution in [2.45, 2.75) is 19.8 Å². The van der Waals surface area contributed by atoms with Crippen LogP contribution in [0.1, 0.15) is 34.8 Å². The number of carbonyl (C=O) groups excluding carboxylic acids is 1. The number of carbonyl (C=O) groups is 1. The Morgan fingerprint density at radius 3 is 2.37 bits per heavy atom. The van der Waals surface area contributed by atoms with Crippen molar-refractivity contribution in [3.63, 3.8) is 0 Å². The predicted molar refractivity (Wildman–Crippen MR) is 119 cm³/mol. The fourth-order valence-electron chi connectivity index (χ4n) is 2.79. The molecule has 0 aromatic heterocycles. The summed E-state index contributed by atoms with van der Waals surface area (Å²) in [6.45, 7) is 3.23. The Bertz CT molecular complexity index is 954. The highest BCUT2D eigenvalue weighted by molar-refractivity contribution is 5.95. The van der Waals surface area contributed by atoms with Crippen molar-refractivity contribution in [3.05, 3.63) is 95.6 Å². The van der Waals surface area contributed by atoms with Gasteiger partial charge in [-0.3, -0.25) is 4.79 Å². The minimum absolute atomic E-state index is 0.255. The molecule has 0 saturated heterocycles. The van der Waals surface area contributed by atoms with Crippen LogP contribution in [0.3, 0.4) is 0 Å². The van der Waals surface area contributed by atoms with E-state index in [1.165, 1.54) is 5.56 Å². The Kier molecular flexibility index (Phi) is 8.03. The molecule has 3 rings (SSSR count). The first kappa shape index (κ1) is 21.1. The summed E-state index contributed by atoms with van der Waals surface area (Å²) in [6, 6.07) is 24.7. The number of aryl methyl sites for hydroxylation is 1. The second kappa shape index (κ2) is 11.4. The zero-order chi connectivity index (χ0) is 21.0. The maximum atomic E-state index is 12.0. The van der Waals surface area contributed by atoms with Gasteiger partial charge in [0.2, 0.25) is 0 Å². The van der Waals surface area contributed by atoms with Crippen LogP contribution in [-0.4, -0.2) is 25.3 Å². The van der Waals surface area contributed by atoms with Crippen LogP contribution in [-0.2, 0) is 6.42 Å². The lowest BCUT2D eigenvalue weighted by atomic mass is 10.2. The topological polar surface area (TPSA) is 59.9 Å². The minimum Gasteiger partial charge on any atom is -0.493 e. The molecule has 5 nitrogen and oxygen atoms in total. The first-order chi connectivity index (χ1) is 14.8. The summed E-state index contributed by atoms with van der Waals surface area (Å²) in [5, 5.41) is 4.05. The van der Waals surface area contributed by atoms with Crippen LogP contribution in [0.2, 0.25) is 0 Å². The Labute approximate surface area is 177 Å². The number of ether oxygens (including phenoxy) is 2. The molecule has 0 spiro atoms. The number of hydrogen-bond acceptors (Lipinski definition) is 4. The molecule has 0 aliphatic heterocycles. The largest absolute Gasteiger partial charge is 0.493 e. The van der Waals surface area contributed by atoms with Gasteiger partial charge in [0.1, 0.15) is 11.5 Å². The number of nitrogens with zero attached hydrogens (tertiary/aromatic N) is 1. The van der Waals surface area contributed by atoms with Gasteiger partial charge in [0.25, 0.3) is 5.91 Å². The van der Waals surface area contributed by atoms with Crippen LogP contribution in [0.15, 0.2) is 84.0 Å². The highest BCUT2D eigenvalue weighted by Crippen LogP contribution is 2.16. The van der Waals surface area contributed by atoms with E-state index in [-0.39, 0.29) is 5.91 Å². The van der Waals surface area contributed by atoms with Gasteiger partial charge in [-0.25, -0.2) is 5.43 Å². The lowest BCUT2D eigenvalue weighted by Crippen LogP contribution is -2.17. The lowest BCUT2D eigenvalue weighted by Gasteiger charge is -2.10. The first-order valence-electron chi connectivity index (χ1n) is 10.1. The zero-order valence-corrected chi connectivity index (χ0v) is 17.1. The van der Waals surface area contributed by atoms with E-state index in [2.05, 4.69) is 29.6 Å². The molecule has 0 radical (unpaired) electrons. The fraction of sp³-hybridized carbons (Fsp3) is 0.200. The third-order valence-corrected chi connectivity index (χ3v) is 4.47. The van der Waals surface area contributed by atoms with Gasteiger partial charge in [0.05, 0.1) is 19.4 Å². The number of nitrogens with one attached hydrogen (secondary N) is 1. The lowest BCUT2D eigenvalue weighted by molar-refractivity contribution is 0.0955. The van der Waals surface area contributed by atoms with Crippen LogP contribution >= 0.6 is 0 Å². The molecule has 1 N–H and O–H groups in total. The van der Waals surface area contributed by atoms with E-state index in [4.69, 9.17) is 9.47 Å². The normalized spacial score (nSPS) is 10.7. The minimum atomic E-state index is -0.255. The highest BCUT2D eigenvalue weighted by atomic mass is 16.5. The average Bonchev–Trinajstić information content (AvgIpc) is 2.80. The fourth-order valence-corrected chi connectivity index (χ4v) is 2.79. The van der Waals surface area contributed by atoms with Gasteiger partial charge in [0.15, 0.2) is 0 Å². The number of rotatable bonds is 10. The molecule has 3 aromatic rings. The quantitative estimate of drug-likeness (QED) is 0.299. The van der Waals surface area contributed by atoms with E-state index in [0.717, 1.165) is 24.2 Å². The SMILES string of the molecule is CCc1ccc(OCCCOc2ccccc2/C=N\NC(=O)c2ccccc2)cc1. The van der Waals surface area contributed by atoms with E-state index in [1.54, 1.807) is 18.3 Å². The predicted octanol–water partition coefficient (Wildman–Crippen LogP) is 4.86. The molecular formula is C25H26N2O3. The van der Waals surface area contributed by atoms with Crippen LogP contribution in [0, 0.1) is 0 Å². The van der Waals surface area contributed by atoms with Crippen molar-refractivity contribution < 1.29 is 14.3 Å². The summed E-state index contributed by atoms with van der Waals surface area (Å²) in [7, 11) is 0. The van der Waals surface area contributed by atoms with E-state index in [0.29, 0.717) is 24.5 Å². The molecule has 0 atom stereocenters.